The summed E-state index contributed by atoms with van der Waals surface area (Å²) in [5.41, 5.74) is -4.01. The van der Waals surface area contributed by atoms with Crippen molar-refractivity contribution in [2.75, 3.05) is 66.4 Å². The molecule has 0 aromatic carbocycles. The smallest absolute Gasteiger partial charge is 0.311 e. The lowest BCUT2D eigenvalue weighted by molar-refractivity contribution is -0.870. The highest BCUT2D eigenvalue weighted by Gasteiger charge is 2.49. The van der Waals surface area contributed by atoms with Gasteiger partial charge in [-0.1, -0.05) is 13.3 Å². The normalized spacial score (nSPS) is 16.7. The predicted molar refractivity (Wildman–Crippen MR) is 184 cm³/mol. The van der Waals surface area contributed by atoms with E-state index in [0.717, 1.165) is 25.0 Å². The van der Waals surface area contributed by atoms with Gasteiger partial charge in [0.1, 0.15) is 26.4 Å². The molecule has 0 radical (unpaired) electrons. The topological polar surface area (TPSA) is 178 Å². The molecule has 1 amide bonds. The molecule has 0 aromatic rings. The van der Waals surface area contributed by atoms with E-state index in [4.69, 9.17) is 18.5 Å². The first kappa shape index (κ1) is 45.6. The van der Waals surface area contributed by atoms with Crippen molar-refractivity contribution in [3.63, 3.8) is 0 Å². The number of thiol groups is 2. The van der Waals surface area contributed by atoms with E-state index in [1.165, 1.54) is 6.92 Å². The molecule has 276 valence electrons. The Bertz CT molecular complexity index is 1060. The monoisotopic (exact) mass is 730 g/mol. The van der Waals surface area contributed by atoms with Crippen molar-refractivity contribution in [2.24, 2.45) is 16.2 Å². The van der Waals surface area contributed by atoms with Crippen LogP contribution < -0.4 is 10.2 Å². The number of unbranched alkanes of at least 4 members (excludes halogenated alkanes) is 1. The van der Waals surface area contributed by atoms with Crippen LogP contribution in [0.3, 0.4) is 0 Å². The SMILES string of the molecule is CCC(C)(CC(C)(CC(C)(C)C(=O)OCCOP(=O)([O-])OCC[N+](C)(C)C)C(=O)OCCNC(=O)CCCCC(S)CCS)C(=O)O. The number of hydrogen-bond acceptors (Lipinski definition) is 12. The molecule has 0 rings (SSSR count). The highest BCUT2D eigenvalue weighted by molar-refractivity contribution is 7.81. The number of carboxylic acids is 1. The molecule has 0 bridgehead atoms. The predicted octanol–water partition coefficient (Wildman–Crippen LogP) is 3.89. The fraction of sp³-hybridized carbons (Fsp3) is 0.871. The van der Waals surface area contributed by atoms with Crippen LogP contribution in [0, 0.1) is 16.2 Å². The lowest BCUT2D eigenvalue weighted by Gasteiger charge is -2.39. The second-order valence-electron chi connectivity index (χ2n) is 14.2. The van der Waals surface area contributed by atoms with E-state index < -0.39 is 48.6 Å². The Labute approximate surface area is 292 Å². The first-order chi connectivity index (χ1) is 21.5. The third-order valence-corrected chi connectivity index (χ3v) is 9.61. The Morgan fingerprint density at radius 3 is 2.04 bits per heavy atom. The number of nitrogens with one attached hydrogen (secondary N) is 1. The van der Waals surface area contributed by atoms with Crippen molar-refractivity contribution in [1.29, 1.82) is 0 Å². The standard InChI is InChI=1S/C31H59N2O11PS2/c1-9-30(4,26(35)36)23-31(5,28(38)41-17-15-32-25(34)13-11-10-12-24(47)14-21-46)22-29(2,3)27(37)42-19-20-44-45(39,40)43-18-16-33(6,7)8/h24H,9-23H2,1-8H3,(H4-,32,34,35,36,39,40,46,47). The maximum atomic E-state index is 13.5. The van der Waals surface area contributed by atoms with E-state index >= 15 is 0 Å². The number of carboxylic acid groups (broad SMARTS) is 1. The van der Waals surface area contributed by atoms with Crippen LogP contribution in [0.2, 0.25) is 0 Å². The summed E-state index contributed by atoms with van der Waals surface area (Å²) in [6, 6.07) is 0. The molecule has 0 spiro atoms. The third-order valence-electron chi connectivity index (χ3n) is 7.84. The van der Waals surface area contributed by atoms with Crippen LogP contribution in [0.1, 0.15) is 86.0 Å². The highest BCUT2D eigenvalue weighted by Crippen LogP contribution is 2.45. The molecule has 0 aromatic heterocycles. The summed E-state index contributed by atoms with van der Waals surface area (Å²) in [7, 11) is 1.04. The van der Waals surface area contributed by atoms with Gasteiger partial charge < -0.3 is 38.3 Å². The number of rotatable bonds is 26. The first-order valence-corrected chi connectivity index (χ1v) is 18.7. The number of hydrogen-bond donors (Lipinski definition) is 4. The number of aliphatic carboxylic acids is 1. The number of phosphoric acid groups is 1. The van der Waals surface area contributed by atoms with E-state index in [0.29, 0.717) is 23.9 Å². The summed E-state index contributed by atoms with van der Waals surface area (Å²) in [5.74, 6) is -1.94. The lowest BCUT2D eigenvalue weighted by atomic mass is 9.65. The molecule has 13 nitrogen and oxygen atoms in total. The molecule has 47 heavy (non-hydrogen) atoms. The summed E-state index contributed by atoms with van der Waals surface area (Å²) in [6.45, 7) is 7.33. The van der Waals surface area contributed by atoms with Crippen molar-refractivity contribution < 1.29 is 56.7 Å². The fourth-order valence-corrected chi connectivity index (χ4v) is 6.47. The van der Waals surface area contributed by atoms with Gasteiger partial charge in [0, 0.05) is 11.7 Å². The number of carbonyl (C=O) groups is 4. The lowest BCUT2D eigenvalue weighted by Crippen LogP contribution is -2.44. The van der Waals surface area contributed by atoms with Gasteiger partial charge in [0.2, 0.25) is 5.91 Å². The highest BCUT2D eigenvalue weighted by atomic mass is 32.1. The molecule has 2 N–H and O–H groups in total. The van der Waals surface area contributed by atoms with Gasteiger partial charge in [0.05, 0.1) is 50.5 Å². The number of amides is 1. The third kappa shape index (κ3) is 19.4. The quantitative estimate of drug-likeness (QED) is 0.0334. The van der Waals surface area contributed by atoms with Crippen LogP contribution in [0.15, 0.2) is 0 Å². The molecular weight excluding hydrogens is 671 g/mol. The van der Waals surface area contributed by atoms with E-state index in [1.807, 2.05) is 21.1 Å². The number of nitrogens with zero attached hydrogens (tertiary/aromatic N) is 1. The maximum Gasteiger partial charge on any atom is 0.311 e. The molecular formula is C31H59N2O11PS2. The summed E-state index contributed by atoms with van der Waals surface area (Å²) in [5, 5.41) is 12.9. The minimum atomic E-state index is -4.60. The largest absolute Gasteiger partial charge is 0.756 e. The van der Waals surface area contributed by atoms with Gasteiger partial charge in [-0.05, 0) is 72.0 Å². The Kier molecular flexibility index (Phi) is 20.4. The van der Waals surface area contributed by atoms with Crippen molar-refractivity contribution in [3.8, 4) is 0 Å². The van der Waals surface area contributed by atoms with Crippen molar-refractivity contribution in [2.45, 2.75) is 91.2 Å². The number of quaternary nitrogens is 1. The Morgan fingerprint density at radius 1 is 0.894 bits per heavy atom. The van der Waals surface area contributed by atoms with E-state index in [9.17, 15) is 33.7 Å². The van der Waals surface area contributed by atoms with E-state index in [-0.39, 0.29) is 56.8 Å². The molecule has 0 aliphatic carbocycles. The molecule has 16 heteroatoms. The average Bonchev–Trinajstić information content (AvgIpc) is 2.94. The molecule has 0 aliphatic rings. The molecule has 0 heterocycles. The number of likely N-dealkylation sites (N-methyl/N-ethyl adjacent to an activating group) is 1. The number of carbonyl (C=O) groups excluding carboxylic acids is 3. The Morgan fingerprint density at radius 2 is 1.49 bits per heavy atom. The van der Waals surface area contributed by atoms with Gasteiger partial charge in [-0.2, -0.15) is 25.3 Å². The first-order valence-electron chi connectivity index (χ1n) is 16.1. The zero-order valence-corrected chi connectivity index (χ0v) is 32.2. The zero-order chi connectivity index (χ0) is 36.5. The Hall–Kier alpha value is -1.35. The molecule has 4 atom stereocenters. The minimum absolute atomic E-state index is 0.0700. The minimum Gasteiger partial charge on any atom is -0.756 e. The van der Waals surface area contributed by atoms with E-state index in [1.54, 1.807) is 27.7 Å². The summed E-state index contributed by atoms with van der Waals surface area (Å²) in [6.07, 6.45) is 3.67. The average molecular weight is 731 g/mol. The fourth-order valence-electron chi connectivity index (χ4n) is 4.97. The van der Waals surface area contributed by atoms with Crippen LogP contribution in [0.4, 0.5) is 0 Å². The van der Waals surface area contributed by atoms with Crippen LogP contribution in [0.25, 0.3) is 0 Å². The number of esters is 2. The van der Waals surface area contributed by atoms with E-state index in [2.05, 4.69) is 30.6 Å². The van der Waals surface area contributed by atoms with Gasteiger partial charge in [0.15, 0.2) is 0 Å². The van der Waals surface area contributed by atoms with Gasteiger partial charge in [-0.25, -0.2) is 0 Å². The molecule has 0 saturated heterocycles. The second-order valence-corrected chi connectivity index (χ2v) is 16.8. The van der Waals surface area contributed by atoms with Crippen LogP contribution >= 0.6 is 33.1 Å². The van der Waals surface area contributed by atoms with Gasteiger partial charge in [-0.15, -0.1) is 0 Å². The number of ether oxygens (including phenoxy) is 2. The summed E-state index contributed by atoms with van der Waals surface area (Å²) < 4.78 is 32.9. The molecule has 0 fully saturated rings. The van der Waals surface area contributed by atoms with Crippen molar-refractivity contribution in [1.82, 2.24) is 5.32 Å². The van der Waals surface area contributed by atoms with Crippen LogP contribution in [-0.2, 0) is 42.3 Å². The maximum absolute atomic E-state index is 13.5. The summed E-state index contributed by atoms with van der Waals surface area (Å²) in [4.78, 5) is 62.9. The second kappa shape index (κ2) is 21.0. The van der Waals surface area contributed by atoms with Crippen LogP contribution in [-0.4, -0.2) is 105 Å². The molecule has 0 saturated carbocycles. The molecule has 0 aliphatic heterocycles. The van der Waals surface area contributed by atoms with Crippen molar-refractivity contribution >= 4 is 56.9 Å². The zero-order valence-electron chi connectivity index (χ0n) is 29.5. The summed E-state index contributed by atoms with van der Waals surface area (Å²) >= 11 is 8.68. The molecule has 4 unspecified atom stereocenters. The van der Waals surface area contributed by atoms with Crippen molar-refractivity contribution in [3.05, 3.63) is 0 Å². The van der Waals surface area contributed by atoms with Crippen LogP contribution in [0.5, 0.6) is 0 Å². The van der Waals surface area contributed by atoms with Gasteiger partial charge in [0.25, 0.3) is 7.82 Å². The van der Waals surface area contributed by atoms with Gasteiger partial charge in [-0.3, -0.25) is 23.7 Å². The van der Waals surface area contributed by atoms with Gasteiger partial charge >= 0.3 is 17.9 Å². The Balaban J connectivity index is 5.23. The number of phosphoric ester groups is 1.